The lowest BCUT2D eigenvalue weighted by Crippen LogP contribution is -2.23. The Morgan fingerprint density at radius 1 is 1.64 bits per heavy atom. The lowest BCUT2D eigenvalue weighted by molar-refractivity contribution is 0.0956. The van der Waals surface area contributed by atoms with Gasteiger partial charge in [0, 0.05) is 0 Å². The quantitative estimate of drug-likeness (QED) is 0.357. The first-order valence-corrected chi connectivity index (χ1v) is 3.96. The van der Waals surface area contributed by atoms with Gasteiger partial charge in [0.2, 0.25) is 0 Å². The van der Waals surface area contributed by atoms with E-state index in [2.05, 4.69) is 11.2 Å². The molecule has 0 radical (unpaired) electrons. The summed E-state index contributed by atoms with van der Waals surface area (Å²) in [6.45, 7) is 0.118. The summed E-state index contributed by atoms with van der Waals surface area (Å²) in [6.07, 6.45) is 4.97. The third kappa shape index (κ3) is 1.96. The van der Waals surface area contributed by atoms with Gasteiger partial charge in [-0.15, -0.1) is 6.42 Å². The molecule has 4 heteroatoms. The number of phenolic OH excluding ortho intramolecular Hbond substituents is 1. The number of amides is 1. The van der Waals surface area contributed by atoms with Gasteiger partial charge in [0.1, 0.15) is 0 Å². The molecule has 0 atom stereocenters. The van der Waals surface area contributed by atoms with Crippen molar-refractivity contribution in [1.29, 1.82) is 0 Å². The predicted octanol–water partition coefficient (Wildman–Crippen LogP) is 0.337. The second-order valence-corrected chi connectivity index (χ2v) is 2.63. The molecule has 14 heavy (non-hydrogen) atoms. The molecule has 1 rings (SSSR count). The number of nitrogens with two attached hydrogens (primary N) is 1. The third-order valence-corrected chi connectivity index (χ3v) is 1.66. The molecule has 72 valence electrons. The summed E-state index contributed by atoms with van der Waals surface area (Å²) in [5, 5.41) is 11.9. The topological polar surface area (TPSA) is 75.4 Å². The van der Waals surface area contributed by atoms with Gasteiger partial charge in [-0.2, -0.15) is 0 Å². The number of rotatable bonds is 2. The number of phenols is 1. The van der Waals surface area contributed by atoms with Crippen molar-refractivity contribution in [2.45, 2.75) is 0 Å². The van der Waals surface area contributed by atoms with Gasteiger partial charge in [-0.3, -0.25) is 4.79 Å². The summed E-state index contributed by atoms with van der Waals surface area (Å²) in [4.78, 5) is 11.4. The van der Waals surface area contributed by atoms with Crippen LogP contribution in [0.4, 0.5) is 5.69 Å². The van der Waals surface area contributed by atoms with Gasteiger partial charge in [-0.25, -0.2) is 0 Å². The van der Waals surface area contributed by atoms with E-state index < -0.39 is 5.91 Å². The molecule has 0 aliphatic rings. The summed E-state index contributed by atoms with van der Waals surface area (Å²) in [7, 11) is 0. The number of carbonyl (C=O) groups is 1. The van der Waals surface area contributed by atoms with Gasteiger partial charge in [-0.1, -0.05) is 12.0 Å². The maximum atomic E-state index is 11.4. The molecule has 4 nitrogen and oxygen atoms in total. The highest BCUT2D eigenvalue weighted by Gasteiger charge is 2.11. The summed E-state index contributed by atoms with van der Waals surface area (Å²) < 4.78 is 0. The average Bonchev–Trinajstić information content (AvgIpc) is 2.18. The van der Waals surface area contributed by atoms with Crippen molar-refractivity contribution in [2.75, 3.05) is 12.3 Å². The molecule has 0 saturated carbocycles. The molecule has 0 saturated heterocycles. The summed E-state index contributed by atoms with van der Waals surface area (Å²) >= 11 is 0. The molecule has 0 bridgehead atoms. The zero-order valence-electron chi connectivity index (χ0n) is 7.45. The van der Waals surface area contributed by atoms with Crippen LogP contribution in [0.15, 0.2) is 18.2 Å². The van der Waals surface area contributed by atoms with Crippen LogP contribution in [0.3, 0.4) is 0 Å². The minimum Gasteiger partial charge on any atom is -0.505 e. The molecule has 1 aromatic carbocycles. The van der Waals surface area contributed by atoms with Crippen LogP contribution in [0, 0.1) is 12.3 Å². The van der Waals surface area contributed by atoms with E-state index in [0.29, 0.717) is 0 Å². The first-order chi connectivity index (χ1) is 6.66. The number of para-hydroxylation sites is 1. The number of aromatic hydroxyl groups is 1. The average molecular weight is 190 g/mol. The fourth-order valence-corrected chi connectivity index (χ4v) is 0.971. The van der Waals surface area contributed by atoms with Crippen LogP contribution >= 0.6 is 0 Å². The molecule has 0 aromatic heterocycles. The van der Waals surface area contributed by atoms with Crippen LogP contribution in [0.25, 0.3) is 0 Å². The summed E-state index contributed by atoms with van der Waals surface area (Å²) in [5.41, 5.74) is 5.71. The number of nitrogens with one attached hydrogen (secondary N) is 1. The first kappa shape index (κ1) is 9.93. The van der Waals surface area contributed by atoms with Crippen molar-refractivity contribution in [3.8, 4) is 18.1 Å². The zero-order valence-corrected chi connectivity index (χ0v) is 7.45. The maximum Gasteiger partial charge on any atom is 0.255 e. The summed E-state index contributed by atoms with van der Waals surface area (Å²) in [5.74, 6) is 1.60. The van der Waals surface area contributed by atoms with Gasteiger partial charge in [-0.05, 0) is 12.1 Å². The Hall–Kier alpha value is -2.15. The van der Waals surface area contributed by atoms with Crippen LogP contribution in [0.1, 0.15) is 10.4 Å². The lowest BCUT2D eigenvalue weighted by Gasteiger charge is -2.05. The van der Waals surface area contributed by atoms with E-state index in [1.165, 1.54) is 12.1 Å². The van der Waals surface area contributed by atoms with Crippen molar-refractivity contribution >= 4 is 11.6 Å². The Kier molecular flexibility index (Phi) is 2.97. The Labute approximate surface area is 81.7 Å². The van der Waals surface area contributed by atoms with Crippen LogP contribution in [0.2, 0.25) is 0 Å². The Balaban J connectivity index is 2.91. The fraction of sp³-hybridized carbons (Fsp3) is 0.100. The minimum atomic E-state index is -0.437. The molecule has 0 spiro atoms. The highest BCUT2D eigenvalue weighted by molar-refractivity contribution is 5.98. The van der Waals surface area contributed by atoms with Gasteiger partial charge < -0.3 is 16.2 Å². The number of carbonyl (C=O) groups excluding carboxylic acids is 1. The highest BCUT2D eigenvalue weighted by Crippen LogP contribution is 2.23. The van der Waals surface area contributed by atoms with Gasteiger partial charge in [0.05, 0.1) is 17.8 Å². The molecule has 0 aliphatic carbocycles. The molecule has 0 unspecified atom stereocenters. The number of anilines is 1. The molecule has 1 amide bonds. The van der Waals surface area contributed by atoms with E-state index in [1.807, 2.05) is 0 Å². The van der Waals surface area contributed by atoms with Gasteiger partial charge >= 0.3 is 0 Å². The number of hydrogen-bond donors (Lipinski definition) is 3. The molecule has 4 N–H and O–H groups in total. The molecule has 0 aliphatic heterocycles. The molecule has 1 aromatic rings. The fourth-order valence-electron chi connectivity index (χ4n) is 0.971. The number of benzene rings is 1. The van der Waals surface area contributed by atoms with Crippen LogP contribution in [-0.4, -0.2) is 17.6 Å². The lowest BCUT2D eigenvalue weighted by atomic mass is 10.1. The monoisotopic (exact) mass is 190 g/mol. The Morgan fingerprint density at radius 2 is 2.36 bits per heavy atom. The second kappa shape index (κ2) is 4.19. The van der Waals surface area contributed by atoms with Crippen molar-refractivity contribution < 1.29 is 9.90 Å². The molecular weight excluding hydrogens is 180 g/mol. The van der Waals surface area contributed by atoms with Crippen LogP contribution in [-0.2, 0) is 0 Å². The zero-order chi connectivity index (χ0) is 10.6. The van der Waals surface area contributed by atoms with Crippen molar-refractivity contribution in [3.63, 3.8) is 0 Å². The van der Waals surface area contributed by atoms with E-state index in [9.17, 15) is 9.90 Å². The Morgan fingerprint density at radius 3 is 3.00 bits per heavy atom. The van der Waals surface area contributed by atoms with Crippen molar-refractivity contribution in [2.24, 2.45) is 0 Å². The molecule has 0 fully saturated rings. The van der Waals surface area contributed by atoms with E-state index in [-0.39, 0.29) is 23.5 Å². The van der Waals surface area contributed by atoms with E-state index in [1.54, 1.807) is 6.07 Å². The number of hydrogen-bond acceptors (Lipinski definition) is 3. The van der Waals surface area contributed by atoms with Crippen molar-refractivity contribution in [3.05, 3.63) is 23.8 Å². The molecule has 0 heterocycles. The van der Waals surface area contributed by atoms with Crippen LogP contribution in [0.5, 0.6) is 5.75 Å². The van der Waals surface area contributed by atoms with Crippen molar-refractivity contribution in [1.82, 2.24) is 5.32 Å². The highest BCUT2D eigenvalue weighted by atomic mass is 16.3. The number of terminal acetylenes is 1. The van der Waals surface area contributed by atoms with Gasteiger partial charge in [0.25, 0.3) is 5.91 Å². The van der Waals surface area contributed by atoms with Crippen LogP contribution < -0.4 is 11.1 Å². The largest absolute Gasteiger partial charge is 0.505 e. The summed E-state index contributed by atoms with van der Waals surface area (Å²) in [6, 6.07) is 4.56. The predicted molar refractivity (Wildman–Crippen MR) is 53.7 cm³/mol. The smallest absolute Gasteiger partial charge is 0.255 e. The number of nitrogen functional groups attached to an aromatic ring is 1. The van der Waals surface area contributed by atoms with E-state index in [0.717, 1.165) is 0 Å². The maximum absolute atomic E-state index is 11.4. The standard InChI is InChI=1S/C10H10N2O2/c1-2-6-12-10(14)7-4-3-5-8(11)9(7)13/h1,3-5,13H,6,11H2,(H,12,14). The minimum absolute atomic E-state index is 0.118. The second-order valence-electron chi connectivity index (χ2n) is 2.63. The normalized spacial score (nSPS) is 9.07. The Bertz CT molecular complexity index is 394. The third-order valence-electron chi connectivity index (χ3n) is 1.66. The molecular formula is C10H10N2O2. The van der Waals surface area contributed by atoms with E-state index in [4.69, 9.17) is 12.2 Å². The van der Waals surface area contributed by atoms with E-state index >= 15 is 0 Å². The first-order valence-electron chi connectivity index (χ1n) is 3.96. The SMILES string of the molecule is C#CCNC(=O)c1cccc(N)c1O. The van der Waals surface area contributed by atoms with Gasteiger partial charge in [0.15, 0.2) is 5.75 Å².